The maximum Gasteiger partial charge on any atom is 0.255 e. The summed E-state index contributed by atoms with van der Waals surface area (Å²) in [7, 11) is 0. The molecule has 1 amide bonds. The number of piperidine rings is 1. The third-order valence-electron chi connectivity index (χ3n) is 7.85. The van der Waals surface area contributed by atoms with Gasteiger partial charge in [-0.25, -0.2) is 0 Å². The Morgan fingerprint density at radius 2 is 1.88 bits per heavy atom. The highest BCUT2D eigenvalue weighted by Crippen LogP contribution is 2.40. The molecule has 34 heavy (non-hydrogen) atoms. The molecule has 3 atom stereocenters. The summed E-state index contributed by atoms with van der Waals surface area (Å²) in [6.45, 7) is 2.17. The number of thioether (sulfide) groups is 1. The van der Waals surface area contributed by atoms with Crippen LogP contribution < -0.4 is 10.2 Å². The molecule has 5 heteroatoms. The first-order valence-electron chi connectivity index (χ1n) is 12.6. The average molecular weight is 470 g/mol. The Balaban J connectivity index is 1.29. The number of allylic oxidation sites excluding steroid dienone is 2. The van der Waals surface area contributed by atoms with Gasteiger partial charge in [0.2, 0.25) is 0 Å². The Morgan fingerprint density at radius 1 is 1.03 bits per heavy atom. The van der Waals surface area contributed by atoms with Crippen LogP contribution in [-0.4, -0.2) is 29.8 Å². The number of fused-ring (bicyclic) bond motifs is 2. The topological polar surface area (TPSA) is 44.7 Å². The molecule has 1 saturated heterocycles. The van der Waals surface area contributed by atoms with E-state index in [0.717, 1.165) is 42.7 Å². The number of benzene rings is 2. The van der Waals surface area contributed by atoms with Crippen LogP contribution in [0.2, 0.25) is 0 Å². The lowest BCUT2D eigenvalue weighted by Crippen LogP contribution is -2.42. The molecule has 2 heterocycles. The lowest BCUT2D eigenvalue weighted by Gasteiger charge is -2.43. The van der Waals surface area contributed by atoms with Crippen LogP contribution in [0.25, 0.3) is 11.1 Å². The van der Waals surface area contributed by atoms with Gasteiger partial charge in [0, 0.05) is 35.6 Å². The quantitative estimate of drug-likeness (QED) is 0.562. The molecule has 2 aliphatic carbocycles. The number of aliphatic imine (C=N–C) groups is 1. The molecule has 2 aromatic carbocycles. The fourth-order valence-corrected chi connectivity index (χ4v) is 6.79. The lowest BCUT2D eigenvalue weighted by molar-refractivity contribution is 0.0967. The Morgan fingerprint density at radius 3 is 2.76 bits per heavy atom. The van der Waals surface area contributed by atoms with Gasteiger partial charge in [0.25, 0.3) is 5.91 Å². The summed E-state index contributed by atoms with van der Waals surface area (Å²) in [6.07, 6.45) is 11.8. The molecule has 2 aromatic rings. The lowest BCUT2D eigenvalue weighted by atomic mass is 9.75. The van der Waals surface area contributed by atoms with Gasteiger partial charge >= 0.3 is 0 Å². The van der Waals surface area contributed by atoms with E-state index in [-0.39, 0.29) is 5.91 Å². The van der Waals surface area contributed by atoms with Crippen molar-refractivity contribution in [3.05, 3.63) is 77.6 Å². The Labute approximate surface area is 206 Å². The molecule has 0 spiro atoms. The molecule has 1 saturated carbocycles. The first kappa shape index (κ1) is 21.7. The predicted molar refractivity (Wildman–Crippen MR) is 142 cm³/mol. The Bertz CT molecular complexity index is 1170. The van der Waals surface area contributed by atoms with Crippen molar-refractivity contribution in [3.8, 4) is 11.1 Å². The summed E-state index contributed by atoms with van der Waals surface area (Å²) in [5.41, 5.74) is 8.13. The van der Waals surface area contributed by atoms with Crippen molar-refractivity contribution in [1.82, 2.24) is 5.32 Å². The summed E-state index contributed by atoms with van der Waals surface area (Å²) in [5.74, 6) is 1.60. The molecule has 1 N–H and O–H groups in total. The zero-order chi connectivity index (χ0) is 22.9. The summed E-state index contributed by atoms with van der Waals surface area (Å²) in [5, 5.41) is 3.53. The minimum absolute atomic E-state index is 0.0513. The van der Waals surface area contributed by atoms with E-state index in [1.165, 1.54) is 48.9 Å². The van der Waals surface area contributed by atoms with Gasteiger partial charge in [-0.05, 0) is 54.9 Å². The Kier molecular flexibility index (Phi) is 6.04. The number of carbonyl (C=O) groups excluding carboxylic acids is 1. The van der Waals surface area contributed by atoms with Crippen LogP contribution in [0.15, 0.2) is 77.1 Å². The number of anilines is 1. The van der Waals surface area contributed by atoms with Gasteiger partial charge in [-0.1, -0.05) is 61.7 Å². The average Bonchev–Trinajstić information content (AvgIpc) is 3.36. The van der Waals surface area contributed by atoms with Crippen molar-refractivity contribution in [2.24, 2.45) is 16.8 Å². The number of nitrogens with zero attached hydrogens (tertiary/aromatic N) is 2. The van der Waals surface area contributed by atoms with Crippen LogP contribution in [0.4, 0.5) is 5.69 Å². The zero-order valence-corrected chi connectivity index (χ0v) is 20.3. The van der Waals surface area contributed by atoms with E-state index in [1.54, 1.807) is 11.8 Å². The van der Waals surface area contributed by atoms with Crippen molar-refractivity contribution in [2.75, 3.05) is 18.0 Å². The molecular formula is C29H31N3OS. The molecule has 0 aromatic heterocycles. The second-order valence-corrected chi connectivity index (χ2v) is 11.0. The van der Waals surface area contributed by atoms with E-state index in [1.807, 2.05) is 17.7 Å². The van der Waals surface area contributed by atoms with Crippen LogP contribution in [0.3, 0.4) is 0 Å². The van der Waals surface area contributed by atoms with Gasteiger partial charge < -0.3 is 10.2 Å². The highest BCUT2D eigenvalue weighted by molar-refractivity contribution is 8.13. The van der Waals surface area contributed by atoms with Crippen molar-refractivity contribution in [1.29, 1.82) is 0 Å². The summed E-state index contributed by atoms with van der Waals surface area (Å²) in [6, 6.07) is 16.8. The van der Waals surface area contributed by atoms with Crippen molar-refractivity contribution >= 4 is 28.9 Å². The summed E-state index contributed by atoms with van der Waals surface area (Å²) in [4.78, 5) is 20.3. The summed E-state index contributed by atoms with van der Waals surface area (Å²) < 4.78 is 0. The predicted octanol–water partition coefficient (Wildman–Crippen LogP) is 6.42. The molecule has 4 nitrogen and oxygen atoms in total. The SMILES string of the molecule is O=C(NC1=CCC2SC=NC2=C1)c1ccc(-c2ccccc2)c(N2CCC3CCCCC3C2)c1. The molecule has 0 radical (unpaired) electrons. The second-order valence-electron chi connectivity index (χ2n) is 9.91. The molecule has 4 aliphatic rings. The van der Waals surface area contributed by atoms with E-state index in [4.69, 9.17) is 0 Å². The molecule has 3 unspecified atom stereocenters. The molecule has 0 bridgehead atoms. The van der Waals surface area contributed by atoms with Crippen LogP contribution in [-0.2, 0) is 0 Å². The van der Waals surface area contributed by atoms with Crippen LogP contribution in [0.1, 0.15) is 48.9 Å². The van der Waals surface area contributed by atoms with E-state index in [0.29, 0.717) is 10.8 Å². The van der Waals surface area contributed by atoms with Gasteiger partial charge in [-0.3, -0.25) is 9.79 Å². The highest BCUT2D eigenvalue weighted by atomic mass is 32.2. The molecule has 2 aliphatic heterocycles. The number of amides is 1. The smallest absolute Gasteiger partial charge is 0.255 e. The van der Waals surface area contributed by atoms with Crippen LogP contribution in [0.5, 0.6) is 0 Å². The third kappa shape index (κ3) is 4.34. The number of carbonyl (C=O) groups is 1. The van der Waals surface area contributed by atoms with Crippen molar-refractivity contribution in [3.63, 3.8) is 0 Å². The van der Waals surface area contributed by atoms with Gasteiger partial charge in [0.05, 0.1) is 16.5 Å². The van der Waals surface area contributed by atoms with Crippen molar-refractivity contribution in [2.45, 2.75) is 43.8 Å². The third-order valence-corrected chi connectivity index (χ3v) is 8.84. The number of hydrogen-bond donors (Lipinski definition) is 1. The fraction of sp³-hybridized carbons (Fsp3) is 0.379. The van der Waals surface area contributed by atoms with Gasteiger partial charge in [-0.2, -0.15) is 0 Å². The van der Waals surface area contributed by atoms with E-state index >= 15 is 0 Å². The fourth-order valence-electron chi connectivity index (χ4n) is 5.98. The monoisotopic (exact) mass is 469 g/mol. The molecular weight excluding hydrogens is 438 g/mol. The van der Waals surface area contributed by atoms with Crippen molar-refractivity contribution < 1.29 is 4.79 Å². The first-order chi connectivity index (χ1) is 16.7. The minimum Gasteiger partial charge on any atom is -0.371 e. The van der Waals surface area contributed by atoms with Gasteiger partial charge in [-0.15, -0.1) is 11.8 Å². The minimum atomic E-state index is -0.0513. The van der Waals surface area contributed by atoms with E-state index in [9.17, 15) is 4.79 Å². The normalized spacial score (nSPS) is 25.8. The number of nitrogens with one attached hydrogen (secondary N) is 1. The maximum absolute atomic E-state index is 13.3. The van der Waals surface area contributed by atoms with E-state index in [2.05, 4.69) is 63.7 Å². The summed E-state index contributed by atoms with van der Waals surface area (Å²) >= 11 is 1.75. The van der Waals surface area contributed by atoms with Crippen LogP contribution >= 0.6 is 11.8 Å². The molecule has 174 valence electrons. The number of rotatable bonds is 4. The second kappa shape index (κ2) is 9.46. The highest BCUT2D eigenvalue weighted by Gasteiger charge is 2.32. The van der Waals surface area contributed by atoms with Gasteiger partial charge in [0.1, 0.15) is 0 Å². The molecule has 2 fully saturated rings. The van der Waals surface area contributed by atoms with Crippen LogP contribution in [0, 0.1) is 11.8 Å². The Hall–Kier alpha value is -2.79. The zero-order valence-electron chi connectivity index (χ0n) is 19.5. The maximum atomic E-state index is 13.3. The first-order valence-corrected chi connectivity index (χ1v) is 13.5. The van der Waals surface area contributed by atoms with E-state index < -0.39 is 0 Å². The van der Waals surface area contributed by atoms with Gasteiger partial charge in [0.15, 0.2) is 0 Å². The standard InChI is InChI=1S/C29H31N3OS/c33-29(31-24-11-13-28-26(17-24)30-19-34-28)22-10-12-25(21-7-2-1-3-8-21)27(16-22)32-15-14-20-6-4-5-9-23(20)18-32/h1-3,7-8,10-12,16-17,19-20,23,28H,4-6,9,13-15,18H2,(H,31,33). The number of hydrogen-bond acceptors (Lipinski definition) is 4. The largest absolute Gasteiger partial charge is 0.371 e. The molecule has 6 rings (SSSR count).